The van der Waals surface area contributed by atoms with Crippen LogP contribution < -0.4 is 14.2 Å². The fourth-order valence-electron chi connectivity index (χ4n) is 2.00. The molecule has 0 aromatic heterocycles. The van der Waals surface area contributed by atoms with Crippen LogP contribution in [0, 0.1) is 0 Å². The Bertz CT molecular complexity index is 882. The molecule has 0 spiro atoms. The topological polar surface area (TPSA) is 102 Å². The van der Waals surface area contributed by atoms with Gasteiger partial charge in [-0.25, -0.2) is 13.2 Å². The SMILES string of the molecule is COc1cc(NS(=O)(=O)c2ccccc2Cl)c(C(=O)O)cc1OC. The lowest BCUT2D eigenvalue weighted by molar-refractivity contribution is 0.0697. The zero-order chi connectivity index (χ0) is 17.9. The molecule has 0 aliphatic carbocycles. The number of anilines is 1. The van der Waals surface area contributed by atoms with Gasteiger partial charge < -0.3 is 14.6 Å². The highest BCUT2D eigenvalue weighted by Gasteiger charge is 2.23. The Morgan fingerprint density at radius 1 is 1.12 bits per heavy atom. The molecule has 0 saturated heterocycles. The predicted octanol–water partition coefficient (Wildman–Crippen LogP) is 2.86. The maximum Gasteiger partial charge on any atom is 0.337 e. The van der Waals surface area contributed by atoms with Crippen LogP contribution in [0.15, 0.2) is 41.3 Å². The number of carboxylic acids is 1. The standard InChI is InChI=1S/C15H14ClNO6S/c1-22-12-7-9(15(18)19)11(8-13(12)23-2)17-24(20,21)14-6-4-3-5-10(14)16/h3-8,17H,1-2H3,(H,18,19). The van der Waals surface area contributed by atoms with E-state index in [4.69, 9.17) is 21.1 Å². The summed E-state index contributed by atoms with van der Waals surface area (Å²) in [5, 5.41) is 9.33. The van der Waals surface area contributed by atoms with Gasteiger partial charge >= 0.3 is 5.97 Å². The van der Waals surface area contributed by atoms with Gasteiger partial charge in [0.25, 0.3) is 10.0 Å². The summed E-state index contributed by atoms with van der Waals surface area (Å²) in [7, 11) is -1.39. The van der Waals surface area contributed by atoms with Gasteiger partial charge in [0.2, 0.25) is 0 Å². The van der Waals surface area contributed by atoms with E-state index in [1.807, 2.05) is 0 Å². The number of ether oxygens (including phenoxy) is 2. The monoisotopic (exact) mass is 371 g/mol. The summed E-state index contributed by atoms with van der Waals surface area (Å²) in [4.78, 5) is 11.3. The minimum Gasteiger partial charge on any atom is -0.493 e. The van der Waals surface area contributed by atoms with Crippen molar-refractivity contribution in [3.63, 3.8) is 0 Å². The molecule has 0 aliphatic heterocycles. The van der Waals surface area contributed by atoms with E-state index in [1.165, 1.54) is 44.6 Å². The first-order chi connectivity index (χ1) is 11.3. The van der Waals surface area contributed by atoms with E-state index in [1.54, 1.807) is 6.07 Å². The number of hydrogen-bond acceptors (Lipinski definition) is 5. The van der Waals surface area contributed by atoms with Gasteiger partial charge in [0, 0.05) is 12.1 Å². The van der Waals surface area contributed by atoms with Crippen molar-refractivity contribution < 1.29 is 27.8 Å². The molecule has 2 rings (SSSR count). The van der Waals surface area contributed by atoms with Crippen LogP contribution >= 0.6 is 11.6 Å². The third-order valence-electron chi connectivity index (χ3n) is 3.12. The van der Waals surface area contributed by atoms with Gasteiger partial charge in [-0.3, -0.25) is 4.72 Å². The molecule has 2 aromatic carbocycles. The first-order valence-corrected chi connectivity index (χ1v) is 8.43. The number of hydrogen-bond donors (Lipinski definition) is 2. The van der Waals surface area contributed by atoms with Crippen LogP contribution in [0.3, 0.4) is 0 Å². The molecule has 0 atom stereocenters. The van der Waals surface area contributed by atoms with Crippen molar-refractivity contribution in [3.8, 4) is 11.5 Å². The van der Waals surface area contributed by atoms with E-state index in [0.717, 1.165) is 0 Å². The maximum atomic E-state index is 12.5. The van der Waals surface area contributed by atoms with Crippen LogP contribution in [0.4, 0.5) is 5.69 Å². The predicted molar refractivity (Wildman–Crippen MR) is 88.8 cm³/mol. The van der Waals surface area contributed by atoms with Crippen LogP contribution in [0.25, 0.3) is 0 Å². The smallest absolute Gasteiger partial charge is 0.337 e. The van der Waals surface area contributed by atoms with Gasteiger partial charge in [0.05, 0.1) is 30.5 Å². The third-order valence-corrected chi connectivity index (χ3v) is 4.99. The molecular formula is C15H14ClNO6S. The summed E-state index contributed by atoms with van der Waals surface area (Å²) in [6.45, 7) is 0. The number of carbonyl (C=O) groups is 1. The molecule has 0 fully saturated rings. The van der Waals surface area contributed by atoms with Crippen molar-refractivity contribution in [3.05, 3.63) is 47.0 Å². The molecule has 2 N–H and O–H groups in total. The third kappa shape index (κ3) is 3.55. The summed E-state index contributed by atoms with van der Waals surface area (Å²) in [5.74, 6) is -0.984. The van der Waals surface area contributed by atoms with Crippen LogP contribution in [0.1, 0.15) is 10.4 Å². The Labute approximate surface area is 143 Å². The summed E-state index contributed by atoms with van der Waals surface area (Å²) in [6, 6.07) is 8.23. The summed E-state index contributed by atoms with van der Waals surface area (Å²) >= 11 is 5.90. The molecule has 0 radical (unpaired) electrons. The van der Waals surface area contributed by atoms with Gasteiger partial charge in [-0.1, -0.05) is 23.7 Å². The molecule has 0 amide bonds. The lowest BCUT2D eigenvalue weighted by Crippen LogP contribution is -2.16. The Morgan fingerprint density at radius 2 is 1.71 bits per heavy atom. The Hall–Kier alpha value is -2.45. The second-order valence-corrected chi connectivity index (χ2v) is 6.65. The zero-order valence-electron chi connectivity index (χ0n) is 12.7. The van der Waals surface area contributed by atoms with E-state index in [2.05, 4.69) is 4.72 Å². The van der Waals surface area contributed by atoms with Crippen molar-refractivity contribution >= 4 is 33.3 Å². The van der Waals surface area contributed by atoms with Gasteiger partial charge in [0.1, 0.15) is 4.90 Å². The fraction of sp³-hybridized carbons (Fsp3) is 0.133. The molecule has 2 aromatic rings. The van der Waals surface area contributed by atoms with Crippen LogP contribution in [-0.4, -0.2) is 33.7 Å². The molecule has 24 heavy (non-hydrogen) atoms. The van der Waals surface area contributed by atoms with Crippen LogP contribution in [0.5, 0.6) is 11.5 Å². The Morgan fingerprint density at radius 3 is 2.25 bits per heavy atom. The summed E-state index contributed by atoms with van der Waals surface area (Å²) in [6.07, 6.45) is 0. The molecule has 7 nitrogen and oxygen atoms in total. The average Bonchev–Trinajstić information content (AvgIpc) is 2.54. The largest absolute Gasteiger partial charge is 0.493 e. The number of aromatic carboxylic acids is 1. The number of rotatable bonds is 6. The van der Waals surface area contributed by atoms with Crippen molar-refractivity contribution in [2.24, 2.45) is 0 Å². The lowest BCUT2D eigenvalue weighted by Gasteiger charge is -2.15. The van der Waals surface area contributed by atoms with E-state index in [9.17, 15) is 18.3 Å². The summed E-state index contributed by atoms with van der Waals surface area (Å²) in [5.41, 5.74) is -0.455. The molecule has 0 unspecified atom stereocenters. The van der Waals surface area contributed by atoms with Crippen molar-refractivity contribution in [2.75, 3.05) is 18.9 Å². The lowest BCUT2D eigenvalue weighted by atomic mass is 10.1. The number of carboxylic acid groups (broad SMARTS) is 1. The molecule has 0 bridgehead atoms. The quantitative estimate of drug-likeness (QED) is 0.809. The van der Waals surface area contributed by atoms with Crippen molar-refractivity contribution in [1.29, 1.82) is 0 Å². The van der Waals surface area contributed by atoms with Gasteiger partial charge in [-0.15, -0.1) is 0 Å². The molecule has 128 valence electrons. The Balaban J connectivity index is 2.56. The number of nitrogens with one attached hydrogen (secondary N) is 1. The number of sulfonamides is 1. The van der Waals surface area contributed by atoms with E-state index < -0.39 is 16.0 Å². The fourth-order valence-corrected chi connectivity index (χ4v) is 3.59. The molecule has 0 saturated carbocycles. The second kappa shape index (κ2) is 6.98. The summed E-state index contributed by atoms with van der Waals surface area (Å²) < 4.78 is 37.3. The van der Waals surface area contributed by atoms with E-state index in [-0.39, 0.29) is 32.7 Å². The molecule has 0 heterocycles. The minimum atomic E-state index is -4.09. The van der Waals surface area contributed by atoms with E-state index >= 15 is 0 Å². The zero-order valence-corrected chi connectivity index (χ0v) is 14.3. The normalized spacial score (nSPS) is 11.0. The second-order valence-electron chi connectivity index (χ2n) is 4.59. The first kappa shape index (κ1) is 17.9. The maximum absolute atomic E-state index is 12.5. The van der Waals surface area contributed by atoms with Gasteiger partial charge in [0.15, 0.2) is 11.5 Å². The van der Waals surface area contributed by atoms with Crippen molar-refractivity contribution in [2.45, 2.75) is 4.90 Å². The highest BCUT2D eigenvalue weighted by Crippen LogP contribution is 2.35. The minimum absolute atomic E-state index is 0.0161. The highest BCUT2D eigenvalue weighted by atomic mass is 35.5. The Kier molecular flexibility index (Phi) is 5.20. The first-order valence-electron chi connectivity index (χ1n) is 6.57. The van der Waals surface area contributed by atoms with Gasteiger partial charge in [-0.2, -0.15) is 0 Å². The number of halogens is 1. The molecule has 0 aliphatic rings. The van der Waals surface area contributed by atoms with Crippen LogP contribution in [0.2, 0.25) is 5.02 Å². The average molecular weight is 372 g/mol. The highest BCUT2D eigenvalue weighted by molar-refractivity contribution is 7.92. The molecular weight excluding hydrogens is 358 g/mol. The molecule has 9 heteroatoms. The van der Waals surface area contributed by atoms with Crippen molar-refractivity contribution in [1.82, 2.24) is 0 Å². The number of methoxy groups -OCH3 is 2. The van der Waals surface area contributed by atoms with Crippen LogP contribution in [-0.2, 0) is 10.0 Å². The number of benzene rings is 2. The van der Waals surface area contributed by atoms with Gasteiger partial charge in [-0.05, 0) is 12.1 Å². The van der Waals surface area contributed by atoms with E-state index in [0.29, 0.717) is 0 Å².